The first-order valence-corrected chi connectivity index (χ1v) is 6.88. The van der Waals surface area contributed by atoms with Gasteiger partial charge in [0.25, 0.3) is 0 Å². The summed E-state index contributed by atoms with van der Waals surface area (Å²) in [5, 5.41) is 9.21. The molecule has 0 saturated carbocycles. The summed E-state index contributed by atoms with van der Waals surface area (Å²) in [4.78, 5) is 20.1. The fourth-order valence-corrected chi connectivity index (χ4v) is 2.82. The lowest BCUT2D eigenvalue weighted by atomic mass is 9.92. The number of carboxylic acid groups (broad SMARTS) is 1. The van der Waals surface area contributed by atoms with Crippen LogP contribution < -0.4 is 4.74 Å². The number of ether oxygens (including phenoxy) is 1. The average Bonchev–Trinajstić information content (AvgIpc) is 2.45. The number of aromatic carboxylic acids is 1. The van der Waals surface area contributed by atoms with Crippen molar-refractivity contribution in [1.29, 1.82) is 0 Å². The Labute approximate surface area is 122 Å². The van der Waals surface area contributed by atoms with E-state index in [1.165, 1.54) is 0 Å². The van der Waals surface area contributed by atoms with Crippen molar-refractivity contribution in [3.8, 4) is 5.75 Å². The molecule has 0 saturated heterocycles. The molecule has 5 nitrogen and oxygen atoms in total. The number of rotatable bonds is 2. The smallest absolute Gasteiger partial charge is 0.339 e. The summed E-state index contributed by atoms with van der Waals surface area (Å²) in [7, 11) is 0. The van der Waals surface area contributed by atoms with Crippen molar-refractivity contribution in [2.45, 2.75) is 26.2 Å². The molecule has 0 spiro atoms. The predicted octanol–water partition coefficient (Wildman–Crippen LogP) is 2.71. The molecule has 2 heterocycles. The van der Waals surface area contributed by atoms with Gasteiger partial charge in [0, 0.05) is 5.56 Å². The predicted molar refractivity (Wildman–Crippen MR) is 76.9 cm³/mol. The first-order chi connectivity index (χ1) is 10.1. The highest BCUT2D eigenvalue weighted by atomic mass is 16.5. The second-order valence-electron chi connectivity index (χ2n) is 5.16. The normalized spacial score (nSPS) is 17.0. The van der Waals surface area contributed by atoms with E-state index in [2.05, 4.69) is 9.97 Å². The minimum atomic E-state index is -0.982. The number of nitrogens with zero attached hydrogens (tertiary/aromatic N) is 2. The zero-order chi connectivity index (χ0) is 15.0. The van der Waals surface area contributed by atoms with E-state index in [1.807, 2.05) is 24.3 Å². The van der Waals surface area contributed by atoms with E-state index in [-0.39, 0.29) is 11.5 Å². The Bertz CT molecular complexity index is 689. The zero-order valence-electron chi connectivity index (χ0n) is 12.0. The van der Waals surface area contributed by atoms with Gasteiger partial charge in [-0.2, -0.15) is 0 Å². The number of fused-ring (bicyclic) bond motifs is 1. The number of carboxylic acids is 1. The number of carbonyl (C=O) groups is 1. The number of aryl methyl sites for hydroxylation is 2. The van der Waals surface area contributed by atoms with Crippen LogP contribution in [0.5, 0.6) is 5.75 Å². The summed E-state index contributed by atoms with van der Waals surface area (Å²) in [5.74, 6) is 0.597. The van der Waals surface area contributed by atoms with Crippen LogP contribution >= 0.6 is 0 Å². The van der Waals surface area contributed by atoms with Crippen LogP contribution in [0.25, 0.3) is 0 Å². The Balaban J connectivity index is 2.09. The summed E-state index contributed by atoms with van der Waals surface area (Å²) in [6, 6.07) is 7.85. The topological polar surface area (TPSA) is 72.3 Å². The van der Waals surface area contributed by atoms with Crippen LogP contribution in [0.15, 0.2) is 24.3 Å². The number of para-hydroxylation sites is 1. The highest BCUT2D eigenvalue weighted by Gasteiger charge is 2.26. The van der Waals surface area contributed by atoms with Gasteiger partial charge in [0.1, 0.15) is 17.1 Å². The van der Waals surface area contributed by atoms with Crippen LogP contribution in [0.2, 0.25) is 0 Å². The van der Waals surface area contributed by atoms with E-state index in [9.17, 15) is 9.90 Å². The Morgan fingerprint density at radius 2 is 1.90 bits per heavy atom. The van der Waals surface area contributed by atoms with Crippen molar-refractivity contribution in [2.24, 2.45) is 0 Å². The standard InChI is InChI=1S/C16H16N2O3/c1-9-14(16(19)20)10(2)18-15(17-9)12-7-8-21-13-6-4-3-5-11(12)13/h3-6,12H,7-8H2,1-2H3,(H,19,20). The van der Waals surface area contributed by atoms with Gasteiger partial charge in [-0.1, -0.05) is 18.2 Å². The molecule has 1 aliphatic rings. The summed E-state index contributed by atoms with van der Waals surface area (Å²) in [6.45, 7) is 4.05. The SMILES string of the molecule is Cc1nc(C2CCOc3ccccc32)nc(C)c1C(=O)O. The van der Waals surface area contributed by atoms with Crippen LogP contribution in [0.3, 0.4) is 0 Å². The van der Waals surface area contributed by atoms with Gasteiger partial charge in [-0.05, 0) is 26.3 Å². The quantitative estimate of drug-likeness (QED) is 0.918. The minimum Gasteiger partial charge on any atom is -0.493 e. The Morgan fingerprint density at radius 1 is 1.24 bits per heavy atom. The second kappa shape index (κ2) is 5.16. The maximum Gasteiger partial charge on any atom is 0.339 e. The lowest BCUT2D eigenvalue weighted by molar-refractivity contribution is 0.0694. The van der Waals surface area contributed by atoms with E-state index < -0.39 is 5.97 Å². The molecule has 2 aromatic rings. The van der Waals surface area contributed by atoms with Crippen LogP contribution in [-0.4, -0.2) is 27.7 Å². The summed E-state index contributed by atoms with van der Waals surface area (Å²) in [5.41, 5.74) is 2.27. The highest BCUT2D eigenvalue weighted by molar-refractivity contribution is 5.89. The lowest BCUT2D eigenvalue weighted by Gasteiger charge is -2.25. The summed E-state index contributed by atoms with van der Waals surface area (Å²) < 4.78 is 5.65. The van der Waals surface area contributed by atoms with E-state index in [0.29, 0.717) is 23.8 Å². The molecule has 1 unspecified atom stereocenters. The minimum absolute atomic E-state index is 0.0511. The molecule has 1 N–H and O–H groups in total. The third-order valence-corrected chi connectivity index (χ3v) is 3.77. The fraction of sp³-hybridized carbons (Fsp3) is 0.312. The Kier molecular flexibility index (Phi) is 3.33. The molecule has 0 radical (unpaired) electrons. The summed E-state index contributed by atoms with van der Waals surface area (Å²) >= 11 is 0. The molecule has 1 aromatic heterocycles. The first-order valence-electron chi connectivity index (χ1n) is 6.88. The third kappa shape index (κ3) is 2.35. The van der Waals surface area contributed by atoms with Crippen LogP contribution in [0.1, 0.15) is 45.5 Å². The molecule has 3 rings (SSSR count). The van der Waals surface area contributed by atoms with Gasteiger partial charge in [0.15, 0.2) is 0 Å². The molecule has 108 valence electrons. The molecule has 0 amide bonds. The zero-order valence-corrected chi connectivity index (χ0v) is 12.0. The van der Waals surface area contributed by atoms with E-state index in [4.69, 9.17) is 4.74 Å². The molecule has 0 aliphatic carbocycles. The van der Waals surface area contributed by atoms with Gasteiger partial charge in [-0.25, -0.2) is 14.8 Å². The van der Waals surface area contributed by atoms with Gasteiger partial charge in [0.2, 0.25) is 0 Å². The van der Waals surface area contributed by atoms with Crippen molar-refractivity contribution in [1.82, 2.24) is 9.97 Å². The Hall–Kier alpha value is -2.43. The number of aromatic nitrogens is 2. The molecular weight excluding hydrogens is 268 g/mol. The third-order valence-electron chi connectivity index (χ3n) is 3.77. The van der Waals surface area contributed by atoms with Crippen molar-refractivity contribution in [2.75, 3.05) is 6.61 Å². The first kappa shape index (κ1) is 13.5. The maximum atomic E-state index is 11.2. The van der Waals surface area contributed by atoms with Crippen molar-refractivity contribution < 1.29 is 14.6 Å². The van der Waals surface area contributed by atoms with Gasteiger partial charge >= 0.3 is 5.97 Å². The molecular formula is C16H16N2O3. The second-order valence-corrected chi connectivity index (χ2v) is 5.16. The van der Waals surface area contributed by atoms with E-state index >= 15 is 0 Å². The van der Waals surface area contributed by atoms with E-state index in [0.717, 1.165) is 17.7 Å². The molecule has 1 aliphatic heterocycles. The molecule has 21 heavy (non-hydrogen) atoms. The largest absolute Gasteiger partial charge is 0.493 e. The average molecular weight is 284 g/mol. The van der Waals surface area contributed by atoms with E-state index in [1.54, 1.807) is 13.8 Å². The van der Waals surface area contributed by atoms with Gasteiger partial charge in [-0.3, -0.25) is 0 Å². The molecule has 0 fully saturated rings. The summed E-state index contributed by atoms with van der Waals surface area (Å²) in [6.07, 6.45) is 0.794. The van der Waals surface area contributed by atoms with Crippen molar-refractivity contribution >= 4 is 5.97 Å². The maximum absolute atomic E-state index is 11.2. The van der Waals surface area contributed by atoms with Crippen molar-refractivity contribution in [3.63, 3.8) is 0 Å². The number of hydrogen-bond donors (Lipinski definition) is 1. The van der Waals surface area contributed by atoms with Crippen molar-refractivity contribution in [3.05, 3.63) is 52.6 Å². The van der Waals surface area contributed by atoms with Crippen LogP contribution in [-0.2, 0) is 0 Å². The molecule has 1 aromatic carbocycles. The number of benzene rings is 1. The van der Waals surface area contributed by atoms with Gasteiger partial charge < -0.3 is 9.84 Å². The Morgan fingerprint density at radius 3 is 2.57 bits per heavy atom. The molecule has 5 heteroatoms. The monoisotopic (exact) mass is 284 g/mol. The fourth-order valence-electron chi connectivity index (χ4n) is 2.82. The van der Waals surface area contributed by atoms with Gasteiger partial charge in [0.05, 0.1) is 23.9 Å². The molecule has 1 atom stereocenters. The highest BCUT2D eigenvalue weighted by Crippen LogP contribution is 2.36. The molecule has 0 bridgehead atoms. The lowest BCUT2D eigenvalue weighted by Crippen LogP contribution is -2.19. The van der Waals surface area contributed by atoms with Gasteiger partial charge in [-0.15, -0.1) is 0 Å². The van der Waals surface area contributed by atoms with Crippen LogP contribution in [0.4, 0.5) is 0 Å². The number of hydrogen-bond acceptors (Lipinski definition) is 4. The van der Waals surface area contributed by atoms with Crippen LogP contribution in [0, 0.1) is 13.8 Å².